The summed E-state index contributed by atoms with van der Waals surface area (Å²) in [5, 5.41) is 8.61. The summed E-state index contributed by atoms with van der Waals surface area (Å²) in [5.74, 6) is 0.857. The van der Waals surface area contributed by atoms with E-state index in [0.29, 0.717) is 6.04 Å². The third-order valence-corrected chi connectivity index (χ3v) is 3.49. The SMILES string of the molecule is CC1CCCC(N(C)CCC(N)C#N)C1. The molecular formula is C12H23N3. The third-order valence-electron chi connectivity index (χ3n) is 3.49. The van der Waals surface area contributed by atoms with Crippen molar-refractivity contribution >= 4 is 0 Å². The number of hydrogen-bond donors (Lipinski definition) is 1. The molecule has 0 bridgehead atoms. The molecule has 3 atom stereocenters. The monoisotopic (exact) mass is 209 g/mol. The van der Waals surface area contributed by atoms with E-state index >= 15 is 0 Å². The molecule has 0 heterocycles. The molecule has 0 aromatic rings. The topological polar surface area (TPSA) is 53.0 Å². The first-order valence-electron chi connectivity index (χ1n) is 5.99. The number of nitrogens with zero attached hydrogens (tertiary/aromatic N) is 2. The zero-order valence-corrected chi connectivity index (χ0v) is 9.95. The second kappa shape index (κ2) is 6.09. The second-order valence-corrected chi connectivity index (χ2v) is 4.93. The summed E-state index contributed by atoms with van der Waals surface area (Å²) in [7, 11) is 2.16. The molecule has 1 fully saturated rings. The average molecular weight is 209 g/mol. The van der Waals surface area contributed by atoms with Crippen molar-refractivity contribution in [2.75, 3.05) is 13.6 Å². The maximum Gasteiger partial charge on any atom is 0.0940 e. The summed E-state index contributed by atoms with van der Waals surface area (Å²) in [6, 6.07) is 2.49. The molecular weight excluding hydrogens is 186 g/mol. The molecule has 0 aliphatic heterocycles. The van der Waals surface area contributed by atoms with Gasteiger partial charge in [0, 0.05) is 12.6 Å². The van der Waals surface area contributed by atoms with E-state index in [-0.39, 0.29) is 6.04 Å². The summed E-state index contributed by atoms with van der Waals surface area (Å²) < 4.78 is 0. The van der Waals surface area contributed by atoms with Gasteiger partial charge in [-0.05, 0) is 32.2 Å². The molecule has 86 valence electrons. The fourth-order valence-corrected chi connectivity index (χ4v) is 2.39. The van der Waals surface area contributed by atoms with Crippen molar-refractivity contribution in [2.24, 2.45) is 11.7 Å². The highest BCUT2D eigenvalue weighted by atomic mass is 15.1. The molecule has 0 saturated heterocycles. The van der Waals surface area contributed by atoms with Crippen molar-refractivity contribution in [1.29, 1.82) is 5.26 Å². The number of rotatable bonds is 4. The highest BCUT2D eigenvalue weighted by molar-refractivity contribution is 4.87. The van der Waals surface area contributed by atoms with Crippen LogP contribution in [0.5, 0.6) is 0 Å². The zero-order valence-electron chi connectivity index (χ0n) is 9.95. The van der Waals surface area contributed by atoms with Crippen LogP contribution in [0.4, 0.5) is 0 Å². The second-order valence-electron chi connectivity index (χ2n) is 4.93. The Kier molecular flexibility index (Phi) is 5.07. The van der Waals surface area contributed by atoms with Crippen LogP contribution >= 0.6 is 0 Å². The van der Waals surface area contributed by atoms with E-state index in [4.69, 9.17) is 11.0 Å². The quantitative estimate of drug-likeness (QED) is 0.767. The van der Waals surface area contributed by atoms with Gasteiger partial charge in [-0.3, -0.25) is 0 Å². The number of nitriles is 1. The predicted molar refractivity (Wildman–Crippen MR) is 62.3 cm³/mol. The van der Waals surface area contributed by atoms with Gasteiger partial charge in [0.15, 0.2) is 0 Å². The number of nitrogens with two attached hydrogens (primary N) is 1. The summed E-state index contributed by atoms with van der Waals surface area (Å²) in [6.45, 7) is 3.28. The van der Waals surface area contributed by atoms with Gasteiger partial charge in [-0.2, -0.15) is 5.26 Å². The first-order chi connectivity index (χ1) is 7.13. The van der Waals surface area contributed by atoms with Gasteiger partial charge in [-0.1, -0.05) is 19.8 Å². The van der Waals surface area contributed by atoms with Gasteiger partial charge >= 0.3 is 0 Å². The molecule has 15 heavy (non-hydrogen) atoms. The Bertz CT molecular complexity index is 221. The Balaban J connectivity index is 2.27. The molecule has 0 aromatic carbocycles. The maximum atomic E-state index is 8.61. The van der Waals surface area contributed by atoms with Gasteiger partial charge in [0.25, 0.3) is 0 Å². The van der Waals surface area contributed by atoms with Crippen LogP contribution in [0, 0.1) is 17.2 Å². The summed E-state index contributed by atoms with van der Waals surface area (Å²) in [6.07, 6.45) is 6.13. The summed E-state index contributed by atoms with van der Waals surface area (Å²) >= 11 is 0. The van der Waals surface area contributed by atoms with Crippen LogP contribution in [0.15, 0.2) is 0 Å². The lowest BCUT2D eigenvalue weighted by Gasteiger charge is -2.34. The molecule has 2 N–H and O–H groups in total. The molecule has 3 heteroatoms. The molecule has 0 aromatic heterocycles. The Morgan fingerprint density at radius 3 is 2.87 bits per heavy atom. The van der Waals surface area contributed by atoms with Crippen molar-refractivity contribution in [2.45, 2.75) is 51.1 Å². The van der Waals surface area contributed by atoms with Crippen molar-refractivity contribution in [1.82, 2.24) is 4.90 Å². The molecule has 1 saturated carbocycles. The maximum absolute atomic E-state index is 8.61. The van der Waals surface area contributed by atoms with Gasteiger partial charge in [0.1, 0.15) is 0 Å². The van der Waals surface area contributed by atoms with Gasteiger partial charge in [0.2, 0.25) is 0 Å². The molecule has 3 unspecified atom stereocenters. The molecule has 0 spiro atoms. The van der Waals surface area contributed by atoms with Crippen LogP contribution in [0.3, 0.4) is 0 Å². The van der Waals surface area contributed by atoms with E-state index < -0.39 is 0 Å². The van der Waals surface area contributed by atoms with Gasteiger partial charge in [0.05, 0.1) is 12.1 Å². The minimum atomic E-state index is -0.298. The minimum absolute atomic E-state index is 0.298. The normalized spacial score (nSPS) is 28.7. The largest absolute Gasteiger partial charge is 0.316 e. The van der Waals surface area contributed by atoms with Crippen LogP contribution in [-0.2, 0) is 0 Å². The Hall–Kier alpha value is -0.590. The lowest BCUT2D eigenvalue weighted by molar-refractivity contribution is 0.162. The van der Waals surface area contributed by atoms with E-state index in [1.807, 2.05) is 0 Å². The Morgan fingerprint density at radius 2 is 2.27 bits per heavy atom. The van der Waals surface area contributed by atoms with E-state index in [1.165, 1.54) is 25.7 Å². The van der Waals surface area contributed by atoms with Crippen LogP contribution in [0.2, 0.25) is 0 Å². The van der Waals surface area contributed by atoms with Crippen LogP contribution in [0.1, 0.15) is 39.0 Å². The summed E-state index contributed by atoms with van der Waals surface area (Å²) in [4.78, 5) is 2.38. The predicted octanol–water partition coefficient (Wildman–Crippen LogP) is 1.74. The molecule has 1 aliphatic rings. The molecule has 1 rings (SSSR count). The first kappa shape index (κ1) is 12.5. The van der Waals surface area contributed by atoms with E-state index in [0.717, 1.165) is 18.9 Å². The standard InChI is InChI=1S/C12H23N3/c1-10-4-3-5-12(8-10)15(2)7-6-11(14)9-13/h10-12H,3-8,14H2,1-2H3. The van der Waals surface area contributed by atoms with Gasteiger partial charge < -0.3 is 10.6 Å². The van der Waals surface area contributed by atoms with Crippen molar-refractivity contribution in [3.8, 4) is 6.07 Å². The number of hydrogen-bond acceptors (Lipinski definition) is 3. The average Bonchev–Trinajstić information content (AvgIpc) is 2.25. The van der Waals surface area contributed by atoms with E-state index in [9.17, 15) is 0 Å². The Labute approximate surface area is 93.2 Å². The van der Waals surface area contributed by atoms with Crippen molar-refractivity contribution in [3.05, 3.63) is 0 Å². The van der Waals surface area contributed by atoms with Crippen LogP contribution in [0.25, 0.3) is 0 Å². The Morgan fingerprint density at radius 1 is 1.53 bits per heavy atom. The smallest absolute Gasteiger partial charge is 0.0940 e. The first-order valence-corrected chi connectivity index (χ1v) is 5.99. The molecule has 1 aliphatic carbocycles. The van der Waals surface area contributed by atoms with E-state index in [1.54, 1.807) is 0 Å². The summed E-state index contributed by atoms with van der Waals surface area (Å²) in [5.41, 5.74) is 5.59. The van der Waals surface area contributed by atoms with Crippen LogP contribution in [-0.4, -0.2) is 30.6 Å². The lowest BCUT2D eigenvalue weighted by Crippen LogP contribution is -2.38. The fraction of sp³-hybridized carbons (Fsp3) is 0.917. The molecule has 0 amide bonds. The molecule has 0 radical (unpaired) electrons. The van der Waals surface area contributed by atoms with Crippen molar-refractivity contribution < 1.29 is 0 Å². The third kappa shape index (κ3) is 4.19. The fourth-order valence-electron chi connectivity index (χ4n) is 2.39. The minimum Gasteiger partial charge on any atom is -0.316 e. The highest BCUT2D eigenvalue weighted by Gasteiger charge is 2.22. The van der Waals surface area contributed by atoms with E-state index in [2.05, 4.69) is 24.9 Å². The van der Waals surface area contributed by atoms with Crippen molar-refractivity contribution in [3.63, 3.8) is 0 Å². The van der Waals surface area contributed by atoms with Gasteiger partial charge in [-0.25, -0.2) is 0 Å². The highest BCUT2D eigenvalue weighted by Crippen LogP contribution is 2.26. The van der Waals surface area contributed by atoms with Gasteiger partial charge in [-0.15, -0.1) is 0 Å². The molecule has 3 nitrogen and oxygen atoms in total. The van der Waals surface area contributed by atoms with Crippen LogP contribution < -0.4 is 5.73 Å². The zero-order chi connectivity index (χ0) is 11.3. The lowest BCUT2D eigenvalue weighted by atomic mass is 9.86.